The zero-order chi connectivity index (χ0) is 20.5. The molecule has 0 saturated carbocycles. The Labute approximate surface area is 166 Å². The number of aromatic nitrogens is 2. The Morgan fingerprint density at radius 3 is 2.38 bits per heavy atom. The van der Waals surface area contributed by atoms with Gasteiger partial charge in [0.2, 0.25) is 0 Å². The van der Waals surface area contributed by atoms with E-state index in [4.69, 9.17) is 5.73 Å². The molecule has 4 rings (SSSR count). The monoisotopic (exact) mass is 393 g/mol. The van der Waals surface area contributed by atoms with Crippen LogP contribution in [0.4, 0.5) is 0 Å². The molecule has 2 heterocycles. The second-order valence-electron chi connectivity index (χ2n) is 7.23. The lowest BCUT2D eigenvalue weighted by Gasteiger charge is -2.23. The maximum atomic E-state index is 11.4. The molecule has 29 heavy (non-hydrogen) atoms. The van der Waals surface area contributed by atoms with Crippen LogP contribution in [0.25, 0.3) is 21.8 Å². The van der Waals surface area contributed by atoms with E-state index in [1.165, 1.54) is 0 Å². The normalized spacial score (nSPS) is 14.9. The molecule has 0 bridgehead atoms. The van der Waals surface area contributed by atoms with Crippen LogP contribution in [0.15, 0.2) is 54.7 Å². The van der Waals surface area contributed by atoms with Crippen molar-refractivity contribution < 1.29 is 20.1 Å². The minimum Gasteiger partial charge on any atom is -0.480 e. The molecule has 2 aromatic heterocycles. The average molecular weight is 393 g/mol. The van der Waals surface area contributed by atoms with Gasteiger partial charge in [0.05, 0.1) is 18.6 Å². The van der Waals surface area contributed by atoms with E-state index in [1.54, 1.807) is 0 Å². The molecule has 0 saturated heterocycles. The number of carbonyl (C=O) groups is 1. The molecule has 0 spiro atoms. The van der Waals surface area contributed by atoms with Crippen LogP contribution in [0.1, 0.15) is 22.7 Å². The van der Waals surface area contributed by atoms with Gasteiger partial charge in [0, 0.05) is 40.1 Å². The lowest BCUT2D eigenvalue weighted by molar-refractivity contribution is -0.138. The van der Waals surface area contributed by atoms with Gasteiger partial charge in [-0.3, -0.25) is 4.79 Å². The van der Waals surface area contributed by atoms with Crippen molar-refractivity contribution in [1.29, 1.82) is 0 Å². The summed E-state index contributed by atoms with van der Waals surface area (Å²) in [5.74, 6) is -1.67. The number of hydrogen-bond donors (Lipinski definition) is 6. The Morgan fingerprint density at radius 2 is 1.69 bits per heavy atom. The Morgan fingerprint density at radius 1 is 1.03 bits per heavy atom. The first-order valence-electron chi connectivity index (χ1n) is 9.44. The molecule has 2 unspecified atom stereocenters. The number of para-hydroxylation sites is 2. The number of nitrogens with two attached hydrogens (primary N) is 1. The first kappa shape index (κ1) is 19.2. The van der Waals surface area contributed by atoms with Gasteiger partial charge in [-0.05, 0) is 23.3 Å². The maximum absolute atomic E-state index is 11.4. The number of hydrogen-bond acceptors (Lipinski definition) is 4. The third kappa shape index (κ3) is 3.40. The largest absolute Gasteiger partial charge is 0.480 e. The lowest BCUT2D eigenvalue weighted by atomic mass is 9.86. The van der Waals surface area contributed by atoms with Crippen molar-refractivity contribution in [2.45, 2.75) is 24.5 Å². The summed E-state index contributed by atoms with van der Waals surface area (Å²) in [6.45, 7) is -0.441. The molecule has 7 nitrogen and oxygen atoms in total. The molecule has 0 amide bonds. The second-order valence-corrected chi connectivity index (χ2v) is 7.23. The van der Waals surface area contributed by atoms with Gasteiger partial charge >= 0.3 is 5.97 Å². The fourth-order valence-electron chi connectivity index (χ4n) is 4.03. The van der Waals surface area contributed by atoms with E-state index >= 15 is 0 Å². The standard InChI is InChI=1S/C22H23N3O4/c23-16(22(28)29)9-14-12-5-2-4-8-18(12)25-21(14)20(19(27)11-26)15-10-24-17-7-3-1-6-13(15)17/h1-8,10,16,19-20,24-27H,9,11,23H2,(H,28,29)/t16-,19?,20?/m0/s1. The third-order valence-corrected chi connectivity index (χ3v) is 5.43. The quantitative estimate of drug-likeness (QED) is 0.286. The third-order valence-electron chi connectivity index (χ3n) is 5.43. The maximum Gasteiger partial charge on any atom is 0.320 e. The molecule has 0 aliphatic carbocycles. The minimum absolute atomic E-state index is 0.103. The van der Waals surface area contributed by atoms with Crippen LogP contribution in [-0.2, 0) is 11.2 Å². The fraction of sp³-hybridized carbons (Fsp3) is 0.227. The molecule has 0 radical (unpaired) electrons. The fourth-order valence-corrected chi connectivity index (χ4v) is 4.03. The van der Waals surface area contributed by atoms with Gasteiger partial charge in [-0.2, -0.15) is 0 Å². The first-order chi connectivity index (χ1) is 14.0. The number of aliphatic hydroxyl groups is 2. The Bertz CT molecular complexity index is 1160. The average Bonchev–Trinajstić information content (AvgIpc) is 3.30. The van der Waals surface area contributed by atoms with E-state index < -0.39 is 30.6 Å². The summed E-state index contributed by atoms with van der Waals surface area (Å²) in [7, 11) is 0. The van der Waals surface area contributed by atoms with Crippen molar-refractivity contribution in [2.24, 2.45) is 5.73 Å². The summed E-state index contributed by atoms with van der Waals surface area (Å²) in [5.41, 5.74) is 9.81. The van der Waals surface area contributed by atoms with Crippen LogP contribution in [0.3, 0.4) is 0 Å². The van der Waals surface area contributed by atoms with Crippen LogP contribution in [-0.4, -0.2) is 50.0 Å². The number of aliphatic carboxylic acids is 1. The zero-order valence-corrected chi connectivity index (χ0v) is 15.7. The minimum atomic E-state index is -1.09. The number of H-pyrrole nitrogens is 2. The summed E-state index contributed by atoms with van der Waals surface area (Å²) in [6, 6.07) is 14.2. The number of aromatic amines is 2. The van der Waals surface area contributed by atoms with Crippen LogP contribution >= 0.6 is 0 Å². The van der Waals surface area contributed by atoms with Crippen molar-refractivity contribution in [3.63, 3.8) is 0 Å². The highest BCUT2D eigenvalue weighted by Crippen LogP contribution is 2.37. The van der Waals surface area contributed by atoms with Crippen molar-refractivity contribution in [3.8, 4) is 0 Å². The Hall–Kier alpha value is -3.13. The van der Waals surface area contributed by atoms with Crippen molar-refractivity contribution in [1.82, 2.24) is 9.97 Å². The molecule has 0 aliphatic rings. The highest BCUT2D eigenvalue weighted by molar-refractivity contribution is 5.88. The van der Waals surface area contributed by atoms with Crippen LogP contribution in [0.2, 0.25) is 0 Å². The van der Waals surface area contributed by atoms with E-state index in [0.29, 0.717) is 5.69 Å². The molecular weight excluding hydrogens is 370 g/mol. The summed E-state index contributed by atoms with van der Waals surface area (Å²) in [6.07, 6.45) is 0.842. The first-order valence-corrected chi connectivity index (χ1v) is 9.44. The van der Waals surface area contributed by atoms with Crippen LogP contribution in [0, 0.1) is 0 Å². The molecule has 7 heteroatoms. The van der Waals surface area contributed by atoms with Gasteiger partial charge in [-0.25, -0.2) is 0 Å². The Kier molecular flexibility index (Phi) is 5.10. The number of benzene rings is 2. The summed E-state index contributed by atoms with van der Waals surface area (Å²) < 4.78 is 0. The number of carboxylic acids is 1. The van der Waals surface area contributed by atoms with E-state index in [0.717, 1.165) is 32.9 Å². The summed E-state index contributed by atoms with van der Waals surface area (Å²) in [4.78, 5) is 18.0. The van der Waals surface area contributed by atoms with E-state index in [1.807, 2.05) is 54.7 Å². The predicted octanol–water partition coefficient (Wildman–Crippen LogP) is 2.09. The SMILES string of the molecule is N[C@@H](Cc1c(C(c2c[nH]c3ccccc23)C(O)CO)[nH]c2ccccc12)C(=O)O. The smallest absolute Gasteiger partial charge is 0.320 e. The molecule has 3 atom stereocenters. The highest BCUT2D eigenvalue weighted by Gasteiger charge is 2.31. The molecule has 0 fully saturated rings. The number of fused-ring (bicyclic) bond motifs is 2. The van der Waals surface area contributed by atoms with Gasteiger partial charge in [0.1, 0.15) is 6.04 Å². The zero-order valence-electron chi connectivity index (χ0n) is 15.7. The van der Waals surface area contributed by atoms with Crippen LogP contribution in [0.5, 0.6) is 0 Å². The summed E-state index contributed by atoms with van der Waals surface area (Å²) in [5, 5.41) is 31.7. The van der Waals surface area contributed by atoms with E-state index in [-0.39, 0.29) is 6.42 Å². The number of carboxylic acid groups (broad SMARTS) is 1. The van der Waals surface area contributed by atoms with Crippen LogP contribution < -0.4 is 5.73 Å². The molecule has 150 valence electrons. The van der Waals surface area contributed by atoms with Crippen molar-refractivity contribution in [3.05, 3.63) is 71.5 Å². The van der Waals surface area contributed by atoms with Gasteiger partial charge in [-0.15, -0.1) is 0 Å². The van der Waals surface area contributed by atoms with Gasteiger partial charge in [0.15, 0.2) is 0 Å². The van der Waals surface area contributed by atoms with E-state index in [9.17, 15) is 20.1 Å². The molecule has 0 aliphatic heterocycles. The van der Waals surface area contributed by atoms with Gasteiger partial charge < -0.3 is 31.0 Å². The second kappa shape index (κ2) is 7.71. The van der Waals surface area contributed by atoms with Gasteiger partial charge in [0.25, 0.3) is 0 Å². The summed E-state index contributed by atoms with van der Waals surface area (Å²) >= 11 is 0. The molecule has 4 aromatic rings. The predicted molar refractivity (Wildman–Crippen MR) is 111 cm³/mol. The van der Waals surface area contributed by atoms with Gasteiger partial charge in [-0.1, -0.05) is 36.4 Å². The molecule has 2 aromatic carbocycles. The molecule has 7 N–H and O–H groups in total. The number of aliphatic hydroxyl groups excluding tert-OH is 2. The van der Waals surface area contributed by atoms with E-state index in [2.05, 4.69) is 9.97 Å². The van der Waals surface area contributed by atoms with Crippen molar-refractivity contribution >= 4 is 27.8 Å². The topological polar surface area (TPSA) is 135 Å². The molecular formula is C22H23N3O4. The van der Waals surface area contributed by atoms with Crippen molar-refractivity contribution in [2.75, 3.05) is 6.61 Å². The highest BCUT2D eigenvalue weighted by atomic mass is 16.4. The Balaban J connectivity index is 1.94. The number of nitrogens with one attached hydrogen (secondary N) is 2. The number of rotatable bonds is 7. The lowest BCUT2D eigenvalue weighted by Crippen LogP contribution is -2.33.